The van der Waals surface area contributed by atoms with E-state index in [-0.39, 0.29) is 9.15 Å². The Labute approximate surface area is 153 Å². The summed E-state index contributed by atoms with van der Waals surface area (Å²) in [6, 6.07) is 14.8. The van der Waals surface area contributed by atoms with Gasteiger partial charge in [0.2, 0.25) is 0 Å². The van der Waals surface area contributed by atoms with Crippen molar-refractivity contribution in [3.8, 4) is 0 Å². The van der Waals surface area contributed by atoms with Gasteiger partial charge in [0.15, 0.2) is 0 Å². The molecule has 0 aromatic heterocycles. The van der Waals surface area contributed by atoms with Gasteiger partial charge in [0.05, 0.1) is 13.8 Å². The summed E-state index contributed by atoms with van der Waals surface area (Å²) < 4.78 is 27.6. The number of hydrogen-bond donors (Lipinski definition) is 0. The molecule has 0 saturated heterocycles. The molecule has 1 fully saturated rings. The largest absolute Gasteiger partial charge is 0.266 e. The van der Waals surface area contributed by atoms with E-state index < -0.39 is 10.0 Å². The maximum atomic E-state index is 13.1. The van der Waals surface area contributed by atoms with Crippen LogP contribution < -0.4 is 4.31 Å². The third-order valence-electron chi connectivity index (χ3n) is 4.71. The number of fused-ring (bicyclic) bond motifs is 3. The van der Waals surface area contributed by atoms with E-state index in [2.05, 4.69) is 31.9 Å². The van der Waals surface area contributed by atoms with Gasteiger partial charge in [0.25, 0.3) is 10.0 Å². The molecule has 0 N–H and O–H groups in total. The van der Waals surface area contributed by atoms with Crippen LogP contribution in [0.1, 0.15) is 17.0 Å². The van der Waals surface area contributed by atoms with E-state index in [4.69, 9.17) is 0 Å². The number of anilines is 1. The molecular formula is C17H15Br2NO2S. The molecule has 2 atom stereocenters. The topological polar surface area (TPSA) is 37.4 Å². The van der Waals surface area contributed by atoms with Crippen molar-refractivity contribution in [2.45, 2.75) is 21.0 Å². The van der Waals surface area contributed by atoms with E-state index in [1.165, 1.54) is 0 Å². The maximum absolute atomic E-state index is 13.1. The van der Waals surface area contributed by atoms with Gasteiger partial charge in [-0.05, 0) is 30.7 Å². The molecule has 120 valence electrons. The highest BCUT2D eigenvalue weighted by molar-refractivity contribution is 9.25. The molecule has 2 aromatic rings. The minimum atomic E-state index is -3.56. The normalized spacial score (nSPS) is 24.7. The van der Waals surface area contributed by atoms with Crippen LogP contribution >= 0.6 is 31.9 Å². The highest BCUT2D eigenvalue weighted by Gasteiger charge is 2.66. The zero-order valence-corrected chi connectivity index (χ0v) is 16.4. The van der Waals surface area contributed by atoms with Gasteiger partial charge in [-0.15, -0.1) is 0 Å². The molecule has 2 unspecified atom stereocenters. The third kappa shape index (κ3) is 2.29. The molecule has 0 amide bonds. The number of para-hydroxylation sites is 1. The number of benzene rings is 2. The van der Waals surface area contributed by atoms with Crippen LogP contribution in [0.15, 0.2) is 53.4 Å². The van der Waals surface area contributed by atoms with Crippen LogP contribution in [0.4, 0.5) is 5.69 Å². The summed E-state index contributed by atoms with van der Waals surface area (Å²) in [5.74, 6) is 0.542. The predicted octanol–water partition coefficient (Wildman–Crippen LogP) is 4.40. The second-order valence-electron chi connectivity index (χ2n) is 6.17. The van der Waals surface area contributed by atoms with Gasteiger partial charge in [-0.2, -0.15) is 0 Å². The minimum Gasteiger partial charge on any atom is -0.266 e. The van der Waals surface area contributed by atoms with Crippen molar-refractivity contribution in [3.63, 3.8) is 0 Å². The second-order valence-corrected chi connectivity index (χ2v) is 11.7. The van der Waals surface area contributed by atoms with E-state index in [0.717, 1.165) is 16.8 Å². The number of alkyl halides is 2. The summed E-state index contributed by atoms with van der Waals surface area (Å²) in [6.07, 6.45) is 0. The minimum absolute atomic E-state index is 0.201. The Hall–Kier alpha value is -0.850. The first kappa shape index (κ1) is 15.7. The van der Waals surface area contributed by atoms with Crippen molar-refractivity contribution in [2.75, 3.05) is 10.8 Å². The average Bonchev–Trinajstić information content (AvgIpc) is 3.09. The molecule has 3 nitrogen and oxygen atoms in total. The van der Waals surface area contributed by atoms with Crippen molar-refractivity contribution in [3.05, 3.63) is 59.7 Å². The van der Waals surface area contributed by atoms with Gasteiger partial charge in [0, 0.05) is 18.4 Å². The lowest BCUT2D eigenvalue weighted by Crippen LogP contribution is -2.36. The molecule has 2 aliphatic rings. The van der Waals surface area contributed by atoms with E-state index in [9.17, 15) is 8.42 Å². The van der Waals surface area contributed by atoms with E-state index in [1.807, 2.05) is 43.3 Å². The number of nitrogens with zero attached hydrogens (tertiary/aromatic N) is 1. The van der Waals surface area contributed by atoms with Gasteiger partial charge in [-0.3, -0.25) is 4.31 Å². The molecule has 0 spiro atoms. The van der Waals surface area contributed by atoms with Crippen molar-refractivity contribution in [1.82, 2.24) is 0 Å². The van der Waals surface area contributed by atoms with Crippen molar-refractivity contribution < 1.29 is 8.42 Å². The molecule has 6 heteroatoms. The first-order chi connectivity index (χ1) is 10.8. The molecule has 0 bridgehead atoms. The molecule has 1 saturated carbocycles. The van der Waals surface area contributed by atoms with E-state index >= 15 is 0 Å². The Balaban J connectivity index is 1.83. The predicted molar refractivity (Wildman–Crippen MR) is 99.0 cm³/mol. The SMILES string of the molecule is Cc1ccc(S(=O)(=O)N2CC3C(c4ccccc42)C3(Br)Br)cc1. The average molecular weight is 457 g/mol. The molecule has 2 aromatic carbocycles. The first-order valence-corrected chi connectivity index (χ1v) is 10.4. The van der Waals surface area contributed by atoms with E-state index in [1.54, 1.807) is 16.4 Å². The monoisotopic (exact) mass is 455 g/mol. The zero-order chi connectivity index (χ0) is 16.4. The lowest BCUT2D eigenvalue weighted by atomic mass is 10.0. The number of sulfonamides is 1. The Bertz CT molecular complexity index is 878. The Morgan fingerprint density at radius 1 is 1.09 bits per heavy atom. The van der Waals surface area contributed by atoms with Crippen molar-refractivity contribution in [2.24, 2.45) is 5.92 Å². The quantitative estimate of drug-likeness (QED) is 0.628. The number of halogens is 2. The lowest BCUT2D eigenvalue weighted by molar-refractivity contribution is 0.585. The smallest absolute Gasteiger partial charge is 0.264 e. The molecule has 1 aliphatic carbocycles. The molecule has 0 radical (unpaired) electrons. The van der Waals surface area contributed by atoms with Crippen LogP contribution in [-0.2, 0) is 10.0 Å². The number of aryl methyl sites for hydroxylation is 1. The molecule has 23 heavy (non-hydrogen) atoms. The van der Waals surface area contributed by atoms with Gasteiger partial charge in [-0.1, -0.05) is 67.8 Å². The maximum Gasteiger partial charge on any atom is 0.264 e. The summed E-state index contributed by atoms with van der Waals surface area (Å²) in [5, 5.41) is 0. The van der Waals surface area contributed by atoms with Crippen LogP contribution in [0.3, 0.4) is 0 Å². The van der Waals surface area contributed by atoms with Crippen LogP contribution in [-0.4, -0.2) is 18.2 Å². The molecule has 1 heterocycles. The summed E-state index contributed by atoms with van der Waals surface area (Å²) in [7, 11) is -3.56. The molecular weight excluding hydrogens is 442 g/mol. The highest BCUT2D eigenvalue weighted by Crippen LogP contribution is 2.70. The first-order valence-electron chi connectivity index (χ1n) is 7.39. The van der Waals surface area contributed by atoms with Crippen LogP contribution in [0.5, 0.6) is 0 Å². The zero-order valence-electron chi connectivity index (χ0n) is 12.4. The number of rotatable bonds is 2. The van der Waals surface area contributed by atoms with Gasteiger partial charge in [-0.25, -0.2) is 8.42 Å². The summed E-state index contributed by atoms with van der Waals surface area (Å²) in [6.45, 7) is 2.43. The fraction of sp³-hybridized carbons (Fsp3) is 0.294. The molecule has 1 aliphatic heterocycles. The van der Waals surface area contributed by atoms with Crippen LogP contribution in [0.25, 0.3) is 0 Å². The lowest BCUT2D eigenvalue weighted by Gasteiger charge is -2.29. The summed E-state index contributed by atoms with van der Waals surface area (Å²) in [5.41, 5.74) is 2.91. The van der Waals surface area contributed by atoms with Crippen LogP contribution in [0, 0.1) is 12.8 Å². The fourth-order valence-corrected chi connectivity index (χ4v) is 6.56. The Morgan fingerprint density at radius 2 is 1.74 bits per heavy atom. The van der Waals surface area contributed by atoms with Crippen LogP contribution in [0.2, 0.25) is 0 Å². The standard InChI is InChI=1S/C17H15Br2NO2S/c1-11-6-8-12(9-7-11)23(21,22)20-10-14-16(17(14,18)19)13-4-2-3-5-15(13)20/h2-9,14,16H,10H2,1H3. The second kappa shape index (κ2) is 5.07. The van der Waals surface area contributed by atoms with Gasteiger partial charge in [0.1, 0.15) is 0 Å². The fourth-order valence-electron chi connectivity index (χ4n) is 3.36. The highest BCUT2D eigenvalue weighted by atomic mass is 79.9. The summed E-state index contributed by atoms with van der Waals surface area (Å²) in [4.78, 5) is 0.340. The summed E-state index contributed by atoms with van der Waals surface area (Å²) >= 11 is 7.41. The van der Waals surface area contributed by atoms with Crippen molar-refractivity contribution in [1.29, 1.82) is 0 Å². The number of hydrogen-bond acceptors (Lipinski definition) is 2. The van der Waals surface area contributed by atoms with E-state index in [0.29, 0.717) is 17.4 Å². The molecule has 4 rings (SSSR count). The van der Waals surface area contributed by atoms with Gasteiger partial charge >= 0.3 is 0 Å². The van der Waals surface area contributed by atoms with Crippen molar-refractivity contribution >= 4 is 47.6 Å². The third-order valence-corrected chi connectivity index (χ3v) is 8.67. The Kier molecular flexibility index (Phi) is 3.45. The Morgan fingerprint density at radius 3 is 2.43 bits per heavy atom. The van der Waals surface area contributed by atoms with Gasteiger partial charge < -0.3 is 0 Å².